The Balaban J connectivity index is 4.55. The molecule has 0 unspecified atom stereocenters. The molecule has 0 atom stereocenters. The van der Waals surface area contributed by atoms with Gasteiger partial charge in [0, 0.05) is 27.9 Å². The fourth-order valence-electron chi connectivity index (χ4n) is 1.79. The summed E-state index contributed by atoms with van der Waals surface area (Å²) >= 11 is 0. The van der Waals surface area contributed by atoms with Crippen LogP contribution in [0.5, 0.6) is 0 Å². The van der Waals surface area contributed by atoms with E-state index in [0.29, 0.717) is 11.6 Å². The zero-order valence-corrected chi connectivity index (χ0v) is 15.5. The highest BCUT2D eigenvalue weighted by molar-refractivity contribution is 5.74. The molecule has 0 aromatic rings. The molecule has 0 spiro atoms. The molecular weight excluding hydrogens is 312 g/mol. The summed E-state index contributed by atoms with van der Waals surface area (Å²) < 4.78 is 10.4. The fraction of sp³-hybridized carbons (Fsp3) is 0.625. The molecule has 0 amide bonds. The number of hydrogen-bond donors (Lipinski definition) is 2. The molecule has 24 heavy (non-hydrogen) atoms. The molecule has 8 heteroatoms. The standard InChI is InChI=1S/C16H30N4O4/c1-7-9-13(18)20(6)11-15(22)24-16(3,4)23-14(21)10-19(5)12(17)8-2/h8-9H,7,10-11,17-18H2,1-6H3/b12-8+,13-9-. The minimum absolute atomic E-state index is 0.0469. The van der Waals surface area contributed by atoms with Gasteiger partial charge in [-0.05, 0) is 25.5 Å². The van der Waals surface area contributed by atoms with Gasteiger partial charge in [0.1, 0.15) is 13.1 Å². The van der Waals surface area contributed by atoms with Gasteiger partial charge >= 0.3 is 11.9 Å². The zero-order valence-electron chi connectivity index (χ0n) is 15.5. The number of likely N-dealkylation sites (N-methyl/N-ethyl adjacent to an activating group) is 2. The minimum atomic E-state index is -1.39. The van der Waals surface area contributed by atoms with Crippen molar-refractivity contribution in [2.24, 2.45) is 11.5 Å². The first kappa shape index (κ1) is 21.6. The summed E-state index contributed by atoms with van der Waals surface area (Å²) in [5.41, 5.74) is 11.5. The van der Waals surface area contributed by atoms with Crippen LogP contribution < -0.4 is 11.5 Å². The van der Waals surface area contributed by atoms with Crippen molar-refractivity contribution in [1.29, 1.82) is 0 Å². The summed E-state index contributed by atoms with van der Waals surface area (Å²) in [6.45, 7) is 6.59. The predicted molar refractivity (Wildman–Crippen MR) is 92.0 cm³/mol. The molecule has 0 rings (SSSR count). The summed E-state index contributed by atoms with van der Waals surface area (Å²) in [7, 11) is 3.34. The van der Waals surface area contributed by atoms with Crippen LogP contribution in [0.1, 0.15) is 34.1 Å². The summed E-state index contributed by atoms with van der Waals surface area (Å²) in [4.78, 5) is 27.0. The van der Waals surface area contributed by atoms with Gasteiger partial charge in [-0.1, -0.05) is 6.92 Å². The van der Waals surface area contributed by atoms with E-state index in [1.165, 1.54) is 18.7 Å². The monoisotopic (exact) mass is 342 g/mol. The van der Waals surface area contributed by atoms with Gasteiger partial charge in [0.05, 0.1) is 11.6 Å². The summed E-state index contributed by atoms with van der Waals surface area (Å²) in [6.07, 6.45) is 4.22. The molecule has 8 nitrogen and oxygen atoms in total. The maximum absolute atomic E-state index is 12.0. The van der Waals surface area contributed by atoms with Crippen LogP contribution in [-0.4, -0.2) is 54.7 Å². The number of esters is 2. The fourth-order valence-corrected chi connectivity index (χ4v) is 1.79. The van der Waals surface area contributed by atoms with Crippen LogP contribution in [0, 0.1) is 0 Å². The highest BCUT2D eigenvalue weighted by Gasteiger charge is 2.28. The summed E-state index contributed by atoms with van der Waals surface area (Å²) in [5.74, 6) is -1.57. The second kappa shape index (κ2) is 9.69. The number of nitrogens with zero attached hydrogens (tertiary/aromatic N) is 2. The molecule has 0 aliphatic carbocycles. The minimum Gasteiger partial charge on any atom is -0.422 e. The topological polar surface area (TPSA) is 111 Å². The van der Waals surface area contributed by atoms with Crippen molar-refractivity contribution in [3.63, 3.8) is 0 Å². The highest BCUT2D eigenvalue weighted by Crippen LogP contribution is 2.13. The molecule has 0 saturated carbocycles. The van der Waals surface area contributed by atoms with Gasteiger partial charge in [-0.2, -0.15) is 0 Å². The molecule has 0 saturated heterocycles. The Kier molecular flexibility index (Phi) is 8.73. The van der Waals surface area contributed by atoms with Gasteiger partial charge in [0.15, 0.2) is 0 Å². The summed E-state index contributed by atoms with van der Waals surface area (Å²) in [6, 6.07) is 0. The van der Waals surface area contributed by atoms with Crippen LogP contribution in [0.15, 0.2) is 23.8 Å². The molecule has 138 valence electrons. The number of ether oxygens (including phenoxy) is 2. The highest BCUT2D eigenvalue weighted by atomic mass is 16.7. The average molecular weight is 342 g/mol. The lowest BCUT2D eigenvalue weighted by Gasteiger charge is -2.28. The largest absolute Gasteiger partial charge is 0.422 e. The van der Waals surface area contributed by atoms with Crippen LogP contribution in [-0.2, 0) is 19.1 Å². The Bertz CT molecular complexity index is 500. The van der Waals surface area contributed by atoms with E-state index in [9.17, 15) is 9.59 Å². The molecule has 0 heterocycles. The smallest absolute Gasteiger partial charge is 0.328 e. The first-order chi connectivity index (χ1) is 11.0. The van der Waals surface area contributed by atoms with Crippen molar-refractivity contribution in [3.8, 4) is 0 Å². The van der Waals surface area contributed by atoms with Crippen LogP contribution in [0.25, 0.3) is 0 Å². The van der Waals surface area contributed by atoms with Gasteiger partial charge in [-0.3, -0.25) is 9.59 Å². The Hall–Kier alpha value is -2.38. The van der Waals surface area contributed by atoms with E-state index in [4.69, 9.17) is 20.9 Å². The second-order valence-corrected chi connectivity index (χ2v) is 5.81. The predicted octanol–water partition coefficient (Wildman–Crippen LogP) is 0.703. The Morgan fingerprint density at radius 1 is 1.00 bits per heavy atom. The van der Waals surface area contributed by atoms with Gasteiger partial charge in [0.2, 0.25) is 0 Å². The van der Waals surface area contributed by atoms with Gasteiger partial charge in [0.25, 0.3) is 5.79 Å². The third kappa shape index (κ3) is 8.30. The Morgan fingerprint density at radius 3 is 1.79 bits per heavy atom. The Morgan fingerprint density at radius 2 is 1.42 bits per heavy atom. The molecule has 0 radical (unpaired) electrons. The van der Waals surface area contributed by atoms with Crippen molar-refractivity contribution in [2.75, 3.05) is 27.2 Å². The normalized spacial score (nSPS) is 12.6. The van der Waals surface area contributed by atoms with Gasteiger partial charge in [-0.25, -0.2) is 0 Å². The molecule has 0 aromatic carbocycles. The van der Waals surface area contributed by atoms with Gasteiger partial charge < -0.3 is 30.7 Å². The number of nitrogens with two attached hydrogens (primary N) is 2. The van der Waals surface area contributed by atoms with Crippen molar-refractivity contribution in [3.05, 3.63) is 23.8 Å². The van der Waals surface area contributed by atoms with E-state index in [1.54, 1.807) is 38.1 Å². The quantitative estimate of drug-likeness (QED) is 0.465. The van der Waals surface area contributed by atoms with Crippen molar-refractivity contribution in [1.82, 2.24) is 9.80 Å². The lowest BCUT2D eigenvalue weighted by Crippen LogP contribution is -2.40. The van der Waals surface area contributed by atoms with Crippen LogP contribution >= 0.6 is 0 Å². The maximum Gasteiger partial charge on any atom is 0.328 e. The van der Waals surface area contributed by atoms with E-state index in [-0.39, 0.29) is 13.1 Å². The third-order valence-corrected chi connectivity index (χ3v) is 3.04. The van der Waals surface area contributed by atoms with E-state index in [0.717, 1.165) is 6.42 Å². The molecule has 0 aliphatic rings. The third-order valence-electron chi connectivity index (χ3n) is 3.04. The Labute approximate surface area is 144 Å². The van der Waals surface area contributed by atoms with E-state index in [1.807, 2.05) is 6.92 Å². The molecular formula is C16H30N4O4. The van der Waals surface area contributed by atoms with Crippen LogP contribution in [0.3, 0.4) is 0 Å². The van der Waals surface area contributed by atoms with E-state index in [2.05, 4.69) is 0 Å². The molecule has 0 fully saturated rings. The number of rotatable bonds is 9. The van der Waals surface area contributed by atoms with Crippen LogP contribution in [0.2, 0.25) is 0 Å². The maximum atomic E-state index is 12.0. The second-order valence-electron chi connectivity index (χ2n) is 5.81. The zero-order chi connectivity index (χ0) is 18.9. The van der Waals surface area contributed by atoms with Crippen molar-refractivity contribution in [2.45, 2.75) is 39.9 Å². The molecule has 0 aliphatic heterocycles. The lowest BCUT2D eigenvalue weighted by atomic mass is 10.3. The SMILES string of the molecule is C/C=C(\N)N(C)CC(=O)OC(C)(C)OC(=O)CN(C)/C(N)=C\CC. The lowest BCUT2D eigenvalue weighted by molar-refractivity contribution is -0.216. The number of carbonyl (C=O) groups is 2. The first-order valence-corrected chi connectivity index (χ1v) is 7.75. The van der Waals surface area contributed by atoms with Gasteiger partial charge in [-0.15, -0.1) is 0 Å². The summed E-state index contributed by atoms with van der Waals surface area (Å²) in [5, 5.41) is 0. The number of carbonyl (C=O) groups excluding carboxylic acids is 2. The first-order valence-electron chi connectivity index (χ1n) is 7.75. The molecule has 4 N–H and O–H groups in total. The van der Waals surface area contributed by atoms with Crippen molar-refractivity contribution >= 4 is 11.9 Å². The number of hydrogen-bond acceptors (Lipinski definition) is 8. The average Bonchev–Trinajstić information content (AvgIpc) is 2.44. The van der Waals surface area contributed by atoms with E-state index >= 15 is 0 Å². The van der Waals surface area contributed by atoms with Crippen LogP contribution in [0.4, 0.5) is 0 Å². The number of allylic oxidation sites excluding steroid dienone is 2. The molecule has 0 aromatic heterocycles. The van der Waals surface area contributed by atoms with E-state index < -0.39 is 17.7 Å². The molecule has 0 bridgehead atoms. The van der Waals surface area contributed by atoms with Crippen molar-refractivity contribution < 1.29 is 19.1 Å².